The van der Waals surface area contributed by atoms with Crippen molar-refractivity contribution in [2.75, 3.05) is 11.9 Å². The fraction of sp³-hybridized carbons (Fsp3) is 0.300. The number of sulfonamides is 1. The van der Waals surface area contributed by atoms with Gasteiger partial charge < -0.3 is 5.32 Å². The van der Waals surface area contributed by atoms with Crippen LogP contribution in [0.2, 0.25) is 0 Å². The maximum absolute atomic E-state index is 13.5. The molecule has 2 N–H and O–H groups in total. The third-order valence-electron chi connectivity index (χ3n) is 1.88. The molecular weight excluding hydrogens is 247 g/mol. The zero-order chi connectivity index (χ0) is 13.1. The summed E-state index contributed by atoms with van der Waals surface area (Å²) in [5, 5.41) is 2.36. The molecule has 0 aliphatic carbocycles. The molecule has 0 spiro atoms. The Morgan fingerprint density at radius 3 is 2.53 bits per heavy atom. The lowest BCUT2D eigenvalue weighted by molar-refractivity contribution is -0.114. The van der Waals surface area contributed by atoms with E-state index in [0.717, 1.165) is 12.1 Å². The van der Waals surface area contributed by atoms with E-state index in [1.165, 1.54) is 13.0 Å². The van der Waals surface area contributed by atoms with E-state index >= 15 is 0 Å². The topological polar surface area (TPSA) is 75.3 Å². The first-order valence-electron chi connectivity index (χ1n) is 4.93. The lowest BCUT2D eigenvalue weighted by Crippen LogP contribution is -2.24. The quantitative estimate of drug-likeness (QED) is 0.850. The third-order valence-corrected chi connectivity index (χ3v) is 3.45. The van der Waals surface area contributed by atoms with Crippen LogP contribution < -0.4 is 10.0 Å². The van der Waals surface area contributed by atoms with Crippen molar-refractivity contribution in [3.63, 3.8) is 0 Å². The Bertz CT molecular complexity index is 528. The molecule has 1 aromatic rings. The molecule has 0 aromatic heterocycles. The number of carbonyl (C=O) groups excluding carboxylic acids is 1. The first-order valence-corrected chi connectivity index (χ1v) is 6.42. The SMILES string of the molecule is CCNS(=O)(=O)c1ccc(NC(C)=O)cc1F. The number of hydrogen-bond donors (Lipinski definition) is 2. The van der Waals surface area contributed by atoms with Gasteiger partial charge in [-0.25, -0.2) is 17.5 Å². The van der Waals surface area contributed by atoms with Crippen LogP contribution in [0.1, 0.15) is 13.8 Å². The third kappa shape index (κ3) is 3.50. The molecule has 0 aliphatic heterocycles. The largest absolute Gasteiger partial charge is 0.326 e. The Morgan fingerprint density at radius 1 is 1.41 bits per heavy atom. The molecule has 0 heterocycles. The molecule has 1 rings (SSSR count). The van der Waals surface area contributed by atoms with E-state index in [1.807, 2.05) is 0 Å². The van der Waals surface area contributed by atoms with Crippen molar-refractivity contribution < 1.29 is 17.6 Å². The molecule has 1 amide bonds. The first-order chi connectivity index (χ1) is 7.86. The summed E-state index contributed by atoms with van der Waals surface area (Å²) in [5.74, 6) is -1.26. The number of nitrogens with one attached hydrogen (secondary N) is 2. The standard InChI is InChI=1S/C10H13FN2O3S/c1-3-12-17(15,16)10-5-4-8(6-9(10)11)13-7(2)14/h4-6,12H,3H2,1-2H3,(H,13,14). The van der Waals surface area contributed by atoms with Crippen molar-refractivity contribution in [2.45, 2.75) is 18.7 Å². The van der Waals surface area contributed by atoms with E-state index in [9.17, 15) is 17.6 Å². The molecule has 1 aromatic carbocycles. The van der Waals surface area contributed by atoms with Gasteiger partial charge in [-0.1, -0.05) is 6.92 Å². The number of anilines is 1. The molecule has 0 bridgehead atoms. The average molecular weight is 260 g/mol. The van der Waals surface area contributed by atoms with Crippen LogP contribution in [0.4, 0.5) is 10.1 Å². The number of benzene rings is 1. The minimum Gasteiger partial charge on any atom is -0.326 e. The number of halogens is 1. The Morgan fingerprint density at radius 2 is 2.06 bits per heavy atom. The lowest BCUT2D eigenvalue weighted by Gasteiger charge is -2.07. The predicted octanol–water partition coefficient (Wildman–Crippen LogP) is 1.08. The van der Waals surface area contributed by atoms with Gasteiger partial charge >= 0.3 is 0 Å². The normalized spacial score (nSPS) is 11.2. The van der Waals surface area contributed by atoms with E-state index in [-0.39, 0.29) is 18.1 Å². The highest BCUT2D eigenvalue weighted by molar-refractivity contribution is 7.89. The van der Waals surface area contributed by atoms with Crippen LogP contribution in [-0.2, 0) is 14.8 Å². The number of hydrogen-bond acceptors (Lipinski definition) is 3. The summed E-state index contributed by atoms with van der Waals surface area (Å²) >= 11 is 0. The van der Waals surface area contributed by atoms with Crippen molar-refractivity contribution in [2.24, 2.45) is 0 Å². The molecule has 7 heteroatoms. The van der Waals surface area contributed by atoms with Crippen molar-refractivity contribution in [3.8, 4) is 0 Å². The molecule has 0 radical (unpaired) electrons. The maximum atomic E-state index is 13.5. The maximum Gasteiger partial charge on any atom is 0.243 e. The minimum absolute atomic E-state index is 0.176. The van der Waals surface area contributed by atoms with E-state index in [0.29, 0.717) is 0 Å². The molecule has 0 fully saturated rings. The molecule has 0 aliphatic rings. The minimum atomic E-state index is -3.82. The summed E-state index contributed by atoms with van der Waals surface area (Å²) in [5.41, 5.74) is 0.213. The highest BCUT2D eigenvalue weighted by Crippen LogP contribution is 2.18. The van der Waals surface area contributed by atoms with Gasteiger partial charge in [-0.3, -0.25) is 4.79 Å². The number of rotatable bonds is 4. The molecule has 5 nitrogen and oxygen atoms in total. The molecule has 0 saturated heterocycles. The summed E-state index contributed by atoms with van der Waals surface area (Å²) in [6.07, 6.45) is 0. The van der Waals surface area contributed by atoms with Gasteiger partial charge in [0.05, 0.1) is 0 Å². The first kappa shape index (κ1) is 13.6. The van der Waals surface area contributed by atoms with E-state index in [1.54, 1.807) is 6.92 Å². The smallest absolute Gasteiger partial charge is 0.243 e. The van der Waals surface area contributed by atoms with Crippen molar-refractivity contribution in [1.82, 2.24) is 4.72 Å². The van der Waals surface area contributed by atoms with Gasteiger partial charge in [0, 0.05) is 19.2 Å². The zero-order valence-electron chi connectivity index (χ0n) is 9.45. The van der Waals surface area contributed by atoms with Gasteiger partial charge in [0.1, 0.15) is 10.7 Å². The van der Waals surface area contributed by atoms with Crippen LogP contribution >= 0.6 is 0 Å². The van der Waals surface area contributed by atoms with Crippen LogP contribution in [0, 0.1) is 5.82 Å². The van der Waals surface area contributed by atoms with E-state index < -0.39 is 20.7 Å². The molecule has 94 valence electrons. The summed E-state index contributed by atoms with van der Waals surface area (Å²) in [7, 11) is -3.82. The van der Waals surface area contributed by atoms with Gasteiger partial charge in [-0.05, 0) is 18.2 Å². The summed E-state index contributed by atoms with van der Waals surface area (Å²) < 4.78 is 38.8. The van der Waals surface area contributed by atoms with Gasteiger partial charge in [0.15, 0.2) is 0 Å². The molecule has 0 saturated carbocycles. The van der Waals surface area contributed by atoms with Gasteiger partial charge in [0.2, 0.25) is 15.9 Å². The second kappa shape index (κ2) is 5.24. The van der Waals surface area contributed by atoms with Gasteiger partial charge in [0.25, 0.3) is 0 Å². The molecule has 17 heavy (non-hydrogen) atoms. The Labute approximate surface area is 99.1 Å². The fourth-order valence-corrected chi connectivity index (χ4v) is 2.37. The van der Waals surface area contributed by atoms with Crippen molar-refractivity contribution >= 4 is 21.6 Å². The van der Waals surface area contributed by atoms with Gasteiger partial charge in [-0.2, -0.15) is 0 Å². The van der Waals surface area contributed by atoms with Crippen molar-refractivity contribution in [3.05, 3.63) is 24.0 Å². The summed E-state index contributed by atoms with van der Waals surface area (Å²) in [6, 6.07) is 3.40. The van der Waals surface area contributed by atoms with Crippen molar-refractivity contribution in [1.29, 1.82) is 0 Å². The lowest BCUT2D eigenvalue weighted by atomic mass is 10.3. The highest BCUT2D eigenvalue weighted by Gasteiger charge is 2.18. The second-order valence-electron chi connectivity index (χ2n) is 3.33. The molecular formula is C10H13FN2O3S. The average Bonchev–Trinajstić information content (AvgIpc) is 2.15. The summed E-state index contributed by atoms with van der Waals surface area (Å²) in [4.78, 5) is 10.3. The zero-order valence-corrected chi connectivity index (χ0v) is 10.3. The van der Waals surface area contributed by atoms with E-state index in [4.69, 9.17) is 0 Å². The fourth-order valence-electron chi connectivity index (χ4n) is 1.27. The van der Waals surface area contributed by atoms with E-state index in [2.05, 4.69) is 10.0 Å². The van der Waals surface area contributed by atoms with Gasteiger partial charge in [-0.15, -0.1) is 0 Å². The predicted molar refractivity (Wildman–Crippen MR) is 61.6 cm³/mol. The highest BCUT2D eigenvalue weighted by atomic mass is 32.2. The summed E-state index contributed by atoms with van der Waals surface area (Å²) in [6.45, 7) is 3.05. The number of amides is 1. The van der Waals surface area contributed by atoms with Crippen LogP contribution in [0.25, 0.3) is 0 Å². The second-order valence-corrected chi connectivity index (χ2v) is 5.06. The van der Waals surface area contributed by atoms with Crippen LogP contribution in [0.15, 0.2) is 23.1 Å². The van der Waals surface area contributed by atoms with Crippen LogP contribution in [0.5, 0.6) is 0 Å². The van der Waals surface area contributed by atoms with Crippen LogP contribution in [-0.4, -0.2) is 20.9 Å². The Hall–Kier alpha value is -1.47. The molecule has 0 atom stereocenters. The monoisotopic (exact) mass is 260 g/mol. The molecule has 0 unspecified atom stereocenters. The van der Waals surface area contributed by atoms with Crippen LogP contribution in [0.3, 0.4) is 0 Å². The number of carbonyl (C=O) groups is 1. The Kier molecular flexibility index (Phi) is 4.19. The Balaban J connectivity index is 3.10.